The second-order valence-electron chi connectivity index (χ2n) is 6.87. The van der Waals surface area contributed by atoms with Gasteiger partial charge in [0, 0.05) is 33.1 Å². The molecule has 0 aromatic heterocycles. The molecule has 5 heteroatoms. The fourth-order valence-electron chi connectivity index (χ4n) is 3.78. The average Bonchev–Trinajstić information content (AvgIpc) is 2.63. The van der Waals surface area contributed by atoms with Crippen LogP contribution in [0.4, 0.5) is 4.39 Å². The quantitative estimate of drug-likeness (QED) is 0.768. The van der Waals surface area contributed by atoms with Crippen LogP contribution >= 0.6 is 0 Å². The van der Waals surface area contributed by atoms with E-state index in [1.165, 1.54) is 24.1 Å². The molecular weight excluding hydrogens is 319 g/mol. The largest absolute Gasteiger partial charge is 0.492 e. The van der Waals surface area contributed by atoms with Gasteiger partial charge in [-0.1, -0.05) is 6.08 Å². The molecule has 0 N–H and O–H groups in total. The molecule has 25 heavy (non-hydrogen) atoms. The second kappa shape index (κ2) is 8.48. The van der Waals surface area contributed by atoms with E-state index in [0.29, 0.717) is 12.4 Å². The van der Waals surface area contributed by atoms with Gasteiger partial charge in [0.1, 0.15) is 18.2 Å². The van der Waals surface area contributed by atoms with Gasteiger partial charge in [-0.05, 0) is 55.5 Å². The Kier molecular flexibility index (Phi) is 6.08. The summed E-state index contributed by atoms with van der Waals surface area (Å²) in [6.45, 7) is 5.90. The molecule has 1 saturated heterocycles. The number of carbonyl (C=O) groups is 1. The van der Waals surface area contributed by atoms with E-state index in [0.717, 1.165) is 45.4 Å². The molecule has 0 bridgehead atoms. The number of nitrogens with zero attached hydrogens (tertiary/aromatic N) is 2. The first-order valence-corrected chi connectivity index (χ1v) is 9.20. The Balaban J connectivity index is 1.51. The number of carbonyl (C=O) groups excluding carboxylic acids is 1. The third-order valence-electron chi connectivity index (χ3n) is 5.08. The Labute approximate surface area is 149 Å². The number of hydrogen-bond acceptors (Lipinski definition) is 3. The molecule has 1 aromatic carbocycles. The Morgan fingerprint density at radius 2 is 2.04 bits per heavy atom. The van der Waals surface area contributed by atoms with Crippen molar-refractivity contribution >= 4 is 5.91 Å². The van der Waals surface area contributed by atoms with Crippen LogP contribution < -0.4 is 4.74 Å². The molecule has 0 aliphatic carbocycles. The van der Waals surface area contributed by atoms with Crippen molar-refractivity contribution in [3.8, 4) is 5.75 Å². The molecule has 0 spiro atoms. The van der Waals surface area contributed by atoms with E-state index in [-0.39, 0.29) is 17.8 Å². The summed E-state index contributed by atoms with van der Waals surface area (Å²) >= 11 is 0. The minimum atomic E-state index is -0.249. The molecule has 1 atom stereocenters. The molecule has 2 aliphatic rings. The summed E-state index contributed by atoms with van der Waals surface area (Å²) in [7, 11) is 0. The fraction of sp³-hybridized carbons (Fsp3) is 0.550. The van der Waals surface area contributed by atoms with Crippen LogP contribution in [-0.4, -0.2) is 54.5 Å². The third-order valence-corrected chi connectivity index (χ3v) is 5.08. The number of likely N-dealkylation sites (tertiary alicyclic amines) is 1. The van der Waals surface area contributed by atoms with Crippen molar-refractivity contribution in [3.63, 3.8) is 0 Å². The van der Waals surface area contributed by atoms with Gasteiger partial charge in [0.15, 0.2) is 0 Å². The number of ether oxygens (including phenoxy) is 1. The van der Waals surface area contributed by atoms with Crippen molar-refractivity contribution in [1.29, 1.82) is 0 Å². The maximum absolute atomic E-state index is 12.9. The van der Waals surface area contributed by atoms with E-state index in [1.807, 2.05) is 4.90 Å². The van der Waals surface area contributed by atoms with Crippen LogP contribution in [0.3, 0.4) is 0 Å². The van der Waals surface area contributed by atoms with Crippen LogP contribution in [0.5, 0.6) is 5.75 Å². The summed E-state index contributed by atoms with van der Waals surface area (Å²) < 4.78 is 18.6. The van der Waals surface area contributed by atoms with Crippen LogP contribution in [0.25, 0.3) is 0 Å². The number of amides is 1. The standard InChI is InChI=1S/C20H27FN2O2/c1-16(24)23-12-3-2-6-20(23)17-5-4-11-22(15-17)13-14-25-19-9-7-18(21)8-10-19/h5,7-10,20H,2-4,6,11-15H2,1H3. The van der Waals surface area contributed by atoms with Crippen molar-refractivity contribution in [1.82, 2.24) is 9.80 Å². The molecule has 2 aliphatic heterocycles. The van der Waals surface area contributed by atoms with E-state index < -0.39 is 0 Å². The lowest BCUT2D eigenvalue weighted by molar-refractivity contribution is -0.131. The van der Waals surface area contributed by atoms with Crippen LogP contribution in [0.1, 0.15) is 32.6 Å². The van der Waals surface area contributed by atoms with Crippen LogP contribution in [0.15, 0.2) is 35.9 Å². The van der Waals surface area contributed by atoms with Gasteiger partial charge in [0.05, 0.1) is 6.04 Å². The van der Waals surface area contributed by atoms with Gasteiger partial charge < -0.3 is 9.64 Å². The van der Waals surface area contributed by atoms with Crippen LogP contribution in [0, 0.1) is 5.82 Å². The first-order chi connectivity index (χ1) is 12.1. The summed E-state index contributed by atoms with van der Waals surface area (Å²) in [5, 5.41) is 0. The summed E-state index contributed by atoms with van der Waals surface area (Å²) in [5.74, 6) is 0.632. The zero-order valence-electron chi connectivity index (χ0n) is 14.9. The lowest BCUT2D eigenvalue weighted by Crippen LogP contribution is -2.47. The first kappa shape index (κ1) is 17.9. The lowest BCUT2D eigenvalue weighted by atomic mass is 9.92. The van der Waals surface area contributed by atoms with Gasteiger partial charge >= 0.3 is 0 Å². The van der Waals surface area contributed by atoms with Crippen molar-refractivity contribution in [2.75, 3.05) is 32.8 Å². The Hall–Kier alpha value is -1.88. The lowest BCUT2D eigenvalue weighted by Gasteiger charge is -2.39. The number of hydrogen-bond donors (Lipinski definition) is 0. The Morgan fingerprint density at radius 3 is 2.80 bits per heavy atom. The average molecular weight is 346 g/mol. The van der Waals surface area contributed by atoms with Gasteiger partial charge in [-0.3, -0.25) is 9.69 Å². The number of rotatable bonds is 5. The SMILES string of the molecule is CC(=O)N1CCCCC1C1=CCCN(CCOc2ccc(F)cc2)C1. The highest BCUT2D eigenvalue weighted by molar-refractivity contribution is 5.74. The monoisotopic (exact) mass is 346 g/mol. The minimum Gasteiger partial charge on any atom is -0.492 e. The predicted octanol–water partition coefficient (Wildman–Crippen LogP) is 3.24. The highest BCUT2D eigenvalue weighted by atomic mass is 19.1. The smallest absolute Gasteiger partial charge is 0.219 e. The second-order valence-corrected chi connectivity index (χ2v) is 6.87. The summed E-state index contributed by atoms with van der Waals surface area (Å²) in [5.41, 5.74) is 1.38. The summed E-state index contributed by atoms with van der Waals surface area (Å²) in [6, 6.07) is 6.41. The number of piperidine rings is 1. The molecule has 2 heterocycles. The zero-order chi connectivity index (χ0) is 17.6. The fourth-order valence-corrected chi connectivity index (χ4v) is 3.78. The number of benzene rings is 1. The van der Waals surface area contributed by atoms with Crippen LogP contribution in [0.2, 0.25) is 0 Å². The van der Waals surface area contributed by atoms with Gasteiger partial charge in [-0.25, -0.2) is 4.39 Å². The molecule has 4 nitrogen and oxygen atoms in total. The molecule has 136 valence electrons. The van der Waals surface area contributed by atoms with E-state index in [4.69, 9.17) is 4.74 Å². The first-order valence-electron chi connectivity index (χ1n) is 9.20. The van der Waals surface area contributed by atoms with E-state index in [1.54, 1.807) is 19.1 Å². The molecule has 0 radical (unpaired) electrons. The molecule has 0 saturated carbocycles. The van der Waals surface area contributed by atoms with Crippen molar-refractivity contribution in [3.05, 3.63) is 41.7 Å². The molecule has 3 rings (SSSR count). The van der Waals surface area contributed by atoms with Crippen molar-refractivity contribution in [2.24, 2.45) is 0 Å². The maximum atomic E-state index is 12.9. The number of halogens is 1. The van der Waals surface area contributed by atoms with Gasteiger partial charge in [0.2, 0.25) is 5.91 Å². The molecule has 1 amide bonds. The van der Waals surface area contributed by atoms with Gasteiger partial charge in [-0.2, -0.15) is 0 Å². The zero-order valence-corrected chi connectivity index (χ0v) is 14.9. The Morgan fingerprint density at radius 1 is 1.24 bits per heavy atom. The summed E-state index contributed by atoms with van der Waals surface area (Å²) in [4.78, 5) is 16.3. The highest BCUT2D eigenvalue weighted by Gasteiger charge is 2.29. The molecule has 1 unspecified atom stereocenters. The minimum absolute atomic E-state index is 0.183. The van der Waals surface area contributed by atoms with Gasteiger partial charge in [0.25, 0.3) is 0 Å². The van der Waals surface area contributed by atoms with Crippen molar-refractivity contribution < 1.29 is 13.9 Å². The van der Waals surface area contributed by atoms with E-state index in [9.17, 15) is 9.18 Å². The third kappa shape index (κ3) is 4.82. The van der Waals surface area contributed by atoms with Gasteiger partial charge in [-0.15, -0.1) is 0 Å². The summed E-state index contributed by atoms with van der Waals surface area (Å²) in [6.07, 6.45) is 6.72. The van der Waals surface area contributed by atoms with Crippen molar-refractivity contribution in [2.45, 2.75) is 38.6 Å². The topological polar surface area (TPSA) is 32.8 Å². The van der Waals surface area contributed by atoms with E-state index in [2.05, 4.69) is 11.0 Å². The van der Waals surface area contributed by atoms with Crippen LogP contribution in [-0.2, 0) is 4.79 Å². The molecular formula is C20H27FN2O2. The maximum Gasteiger partial charge on any atom is 0.219 e. The predicted molar refractivity (Wildman–Crippen MR) is 96.1 cm³/mol. The molecule has 1 fully saturated rings. The van der Waals surface area contributed by atoms with E-state index >= 15 is 0 Å². The normalized spacial score (nSPS) is 21.8. The highest BCUT2D eigenvalue weighted by Crippen LogP contribution is 2.26. The molecule has 1 aromatic rings. The Bertz CT molecular complexity index is 615.